The molecule has 0 atom stereocenters. The van der Waals surface area contributed by atoms with Crippen LogP contribution in [0.1, 0.15) is 16.8 Å². The summed E-state index contributed by atoms with van der Waals surface area (Å²) in [6.45, 7) is 0.161. The van der Waals surface area contributed by atoms with E-state index in [-0.39, 0.29) is 30.3 Å². The number of nitrogens with zero attached hydrogens (tertiary/aromatic N) is 3. The predicted octanol–water partition coefficient (Wildman–Crippen LogP) is 3.54. The van der Waals surface area contributed by atoms with E-state index in [2.05, 4.69) is 26.2 Å². The summed E-state index contributed by atoms with van der Waals surface area (Å²) < 4.78 is 2.17. The number of amides is 2. The van der Waals surface area contributed by atoms with Crippen molar-refractivity contribution in [2.75, 3.05) is 19.4 Å². The normalized spacial score (nSPS) is 10.8. The van der Waals surface area contributed by atoms with Gasteiger partial charge in [-0.3, -0.25) is 19.0 Å². The molecule has 0 saturated heterocycles. The first-order valence-electron chi connectivity index (χ1n) is 8.72. The molecule has 0 aliphatic carbocycles. The fourth-order valence-electron chi connectivity index (χ4n) is 2.74. The van der Waals surface area contributed by atoms with Gasteiger partial charge in [0.05, 0.1) is 27.9 Å². The Balaban J connectivity index is 1.73. The predicted molar refractivity (Wildman–Crippen MR) is 116 cm³/mol. The highest BCUT2D eigenvalue weighted by molar-refractivity contribution is 9.10. The molecule has 3 rings (SSSR count). The van der Waals surface area contributed by atoms with Crippen molar-refractivity contribution in [3.05, 3.63) is 68.1 Å². The Morgan fingerprint density at radius 1 is 1.21 bits per heavy atom. The summed E-state index contributed by atoms with van der Waals surface area (Å²) >= 11 is 9.48. The van der Waals surface area contributed by atoms with Crippen LogP contribution in [-0.2, 0) is 11.3 Å². The lowest BCUT2D eigenvalue weighted by molar-refractivity contribution is -0.116. The van der Waals surface area contributed by atoms with Gasteiger partial charge in [0.1, 0.15) is 0 Å². The van der Waals surface area contributed by atoms with Crippen molar-refractivity contribution in [2.45, 2.75) is 13.0 Å². The maximum absolute atomic E-state index is 12.6. The van der Waals surface area contributed by atoms with E-state index in [1.165, 1.54) is 21.9 Å². The average molecular weight is 478 g/mol. The van der Waals surface area contributed by atoms with Crippen LogP contribution in [0, 0.1) is 0 Å². The van der Waals surface area contributed by atoms with Crippen molar-refractivity contribution < 1.29 is 9.59 Å². The fraction of sp³-hybridized carbons (Fsp3) is 0.200. The molecule has 2 amide bonds. The monoisotopic (exact) mass is 476 g/mol. The van der Waals surface area contributed by atoms with Gasteiger partial charge in [0, 0.05) is 37.1 Å². The molecule has 1 heterocycles. The third-order valence-electron chi connectivity index (χ3n) is 4.26. The Morgan fingerprint density at radius 3 is 2.69 bits per heavy atom. The lowest BCUT2D eigenvalue weighted by Gasteiger charge is -2.13. The van der Waals surface area contributed by atoms with Gasteiger partial charge in [0.2, 0.25) is 5.91 Å². The number of carbonyl (C=O) groups is 2. The van der Waals surface area contributed by atoms with Gasteiger partial charge >= 0.3 is 0 Å². The van der Waals surface area contributed by atoms with Gasteiger partial charge in [-0.25, -0.2) is 4.98 Å². The zero-order chi connectivity index (χ0) is 21.1. The first kappa shape index (κ1) is 21.0. The lowest BCUT2D eigenvalue weighted by Crippen LogP contribution is -2.24. The molecule has 0 aliphatic rings. The highest BCUT2D eigenvalue weighted by Gasteiger charge is 2.13. The third-order valence-corrected chi connectivity index (χ3v) is 5.08. The summed E-state index contributed by atoms with van der Waals surface area (Å²) in [6, 6.07) is 9.95. The number of benzene rings is 2. The Bertz CT molecular complexity index is 1160. The minimum atomic E-state index is -0.331. The Hall–Kier alpha value is -2.71. The van der Waals surface area contributed by atoms with E-state index in [9.17, 15) is 14.4 Å². The van der Waals surface area contributed by atoms with E-state index in [0.29, 0.717) is 27.2 Å². The number of carbonyl (C=O) groups excluding carboxylic acids is 2. The Kier molecular flexibility index (Phi) is 6.34. The molecule has 0 aliphatic heterocycles. The highest BCUT2D eigenvalue weighted by atomic mass is 79.9. The molecule has 1 N–H and O–H groups in total. The number of halogens is 2. The van der Waals surface area contributed by atoms with Crippen molar-refractivity contribution in [3.8, 4) is 0 Å². The summed E-state index contributed by atoms with van der Waals surface area (Å²) in [4.78, 5) is 42.8. The molecule has 0 saturated carbocycles. The first-order valence-corrected chi connectivity index (χ1v) is 9.89. The molecular weight excluding hydrogens is 460 g/mol. The van der Waals surface area contributed by atoms with Gasteiger partial charge in [-0.2, -0.15) is 0 Å². The second-order valence-corrected chi connectivity index (χ2v) is 7.92. The number of hydrogen-bond donors (Lipinski definition) is 1. The smallest absolute Gasteiger partial charge is 0.261 e. The largest absolute Gasteiger partial charge is 0.345 e. The second-order valence-electron chi connectivity index (χ2n) is 6.60. The zero-order valence-electron chi connectivity index (χ0n) is 15.8. The van der Waals surface area contributed by atoms with Gasteiger partial charge in [-0.1, -0.05) is 27.5 Å². The van der Waals surface area contributed by atoms with Crippen LogP contribution < -0.4 is 10.9 Å². The van der Waals surface area contributed by atoms with Crippen LogP contribution in [-0.4, -0.2) is 40.4 Å². The van der Waals surface area contributed by atoms with E-state index in [0.717, 1.165) is 4.47 Å². The number of aromatic nitrogens is 2. The van der Waals surface area contributed by atoms with Crippen molar-refractivity contribution in [1.82, 2.24) is 14.5 Å². The maximum Gasteiger partial charge on any atom is 0.261 e. The van der Waals surface area contributed by atoms with Crippen molar-refractivity contribution >= 4 is 55.9 Å². The number of hydrogen-bond acceptors (Lipinski definition) is 4. The van der Waals surface area contributed by atoms with E-state index in [4.69, 9.17) is 11.6 Å². The van der Waals surface area contributed by atoms with E-state index < -0.39 is 0 Å². The van der Waals surface area contributed by atoms with Gasteiger partial charge < -0.3 is 10.2 Å². The summed E-state index contributed by atoms with van der Waals surface area (Å²) in [7, 11) is 3.28. The van der Waals surface area contributed by atoms with Crippen molar-refractivity contribution in [2.24, 2.45) is 0 Å². The number of aryl methyl sites for hydroxylation is 1. The van der Waals surface area contributed by atoms with Crippen LogP contribution in [0.2, 0.25) is 5.02 Å². The standard InChI is InChI=1S/C20H18BrClN4O3/c1-25(2)19(28)12-3-5-15(22)17(9-12)24-18(27)7-8-26-11-23-16-6-4-13(21)10-14(16)20(26)29/h3-6,9-11H,7-8H2,1-2H3,(H,24,27). The van der Waals surface area contributed by atoms with Crippen LogP contribution >= 0.6 is 27.5 Å². The summed E-state index contributed by atoms with van der Waals surface area (Å²) in [5.74, 6) is -0.528. The molecule has 150 valence electrons. The van der Waals surface area contributed by atoms with Gasteiger partial charge in [-0.05, 0) is 36.4 Å². The second kappa shape index (κ2) is 8.75. The molecule has 0 fully saturated rings. The number of nitrogens with one attached hydrogen (secondary N) is 1. The lowest BCUT2D eigenvalue weighted by atomic mass is 10.1. The molecule has 0 unspecified atom stereocenters. The molecule has 0 bridgehead atoms. The minimum absolute atomic E-state index is 0.0449. The van der Waals surface area contributed by atoms with Gasteiger partial charge in [0.25, 0.3) is 11.5 Å². The minimum Gasteiger partial charge on any atom is -0.345 e. The average Bonchev–Trinajstić information content (AvgIpc) is 2.69. The molecule has 0 radical (unpaired) electrons. The zero-order valence-corrected chi connectivity index (χ0v) is 18.1. The van der Waals surface area contributed by atoms with Crippen molar-refractivity contribution in [1.29, 1.82) is 0 Å². The van der Waals surface area contributed by atoms with Gasteiger partial charge in [0.15, 0.2) is 0 Å². The van der Waals surface area contributed by atoms with Crippen LogP contribution in [0.4, 0.5) is 5.69 Å². The molecule has 1 aromatic heterocycles. The molecule has 2 aromatic carbocycles. The SMILES string of the molecule is CN(C)C(=O)c1ccc(Cl)c(NC(=O)CCn2cnc3ccc(Br)cc3c2=O)c1. The Labute approximate surface area is 180 Å². The molecule has 0 spiro atoms. The van der Waals surface area contributed by atoms with Crippen LogP contribution in [0.3, 0.4) is 0 Å². The summed E-state index contributed by atoms with van der Waals surface area (Å²) in [6.07, 6.45) is 1.47. The van der Waals surface area contributed by atoms with Crippen molar-refractivity contribution in [3.63, 3.8) is 0 Å². The fourth-order valence-corrected chi connectivity index (χ4v) is 3.26. The molecule has 7 nitrogen and oxygen atoms in total. The number of anilines is 1. The van der Waals surface area contributed by atoms with Crippen LogP contribution in [0.5, 0.6) is 0 Å². The van der Waals surface area contributed by atoms with E-state index >= 15 is 0 Å². The first-order chi connectivity index (χ1) is 13.8. The van der Waals surface area contributed by atoms with Crippen LogP contribution in [0.15, 0.2) is 52.0 Å². The van der Waals surface area contributed by atoms with E-state index in [1.807, 2.05) is 6.07 Å². The molecule has 29 heavy (non-hydrogen) atoms. The maximum atomic E-state index is 12.6. The molecule has 3 aromatic rings. The highest BCUT2D eigenvalue weighted by Crippen LogP contribution is 2.24. The van der Waals surface area contributed by atoms with E-state index in [1.54, 1.807) is 38.4 Å². The Morgan fingerprint density at radius 2 is 1.97 bits per heavy atom. The summed E-state index contributed by atoms with van der Waals surface area (Å²) in [5.41, 5.74) is 1.13. The third kappa shape index (κ3) is 4.83. The number of fused-ring (bicyclic) bond motifs is 1. The quantitative estimate of drug-likeness (QED) is 0.609. The van der Waals surface area contributed by atoms with Gasteiger partial charge in [-0.15, -0.1) is 0 Å². The number of rotatable bonds is 5. The molecular formula is C20H18BrClN4O3. The topological polar surface area (TPSA) is 84.3 Å². The summed E-state index contributed by atoms with van der Waals surface area (Å²) in [5, 5.41) is 3.49. The molecule has 9 heteroatoms. The van der Waals surface area contributed by atoms with Crippen LogP contribution in [0.25, 0.3) is 10.9 Å².